The van der Waals surface area contributed by atoms with Gasteiger partial charge >= 0.3 is 12.1 Å². The number of unbranched alkanes of at least 4 members (excludes halogenated alkanes) is 2. The van der Waals surface area contributed by atoms with E-state index in [0.717, 1.165) is 55.7 Å². The van der Waals surface area contributed by atoms with Crippen LogP contribution in [0, 0.1) is 12.8 Å². The number of aromatic nitrogens is 6. The van der Waals surface area contributed by atoms with Gasteiger partial charge in [-0.05, 0) is 104 Å². The van der Waals surface area contributed by atoms with Gasteiger partial charge in [0.15, 0.2) is 5.65 Å². The van der Waals surface area contributed by atoms with Gasteiger partial charge in [0, 0.05) is 67.0 Å². The number of H-pyrrole nitrogens is 1. The third-order valence-electron chi connectivity index (χ3n) is 13.1. The number of aromatic amines is 1. The quantitative estimate of drug-likeness (QED) is 0.0317. The van der Waals surface area contributed by atoms with Crippen molar-refractivity contribution in [3.8, 4) is 22.6 Å². The van der Waals surface area contributed by atoms with Crippen LogP contribution in [0.25, 0.3) is 28.3 Å². The van der Waals surface area contributed by atoms with E-state index < -0.39 is 36.0 Å². The summed E-state index contributed by atoms with van der Waals surface area (Å²) in [5, 5.41) is 18.7. The van der Waals surface area contributed by atoms with E-state index in [1.807, 2.05) is 55.6 Å². The zero-order valence-electron chi connectivity index (χ0n) is 42.6. The number of ether oxygens (including phenoxy) is 1. The fraction of sp³-hybridized carbons (Fsp3) is 0.352. The van der Waals surface area contributed by atoms with Crippen molar-refractivity contribution in [3.63, 3.8) is 0 Å². The van der Waals surface area contributed by atoms with Crippen LogP contribution >= 0.6 is 0 Å². The molecule has 396 valence electrons. The Hall–Kier alpha value is -8.95. The lowest BCUT2D eigenvalue weighted by molar-refractivity contribution is -0.137. The van der Waals surface area contributed by atoms with Gasteiger partial charge < -0.3 is 46.9 Å². The van der Waals surface area contributed by atoms with Crippen molar-refractivity contribution in [2.45, 2.75) is 97.5 Å². The van der Waals surface area contributed by atoms with Crippen LogP contribution in [0.15, 0.2) is 97.5 Å². The lowest BCUT2D eigenvalue weighted by atomic mass is 9.98. The molecule has 2 atom stereocenters. The topological polar surface area (TPSA) is 293 Å². The number of imidazole rings is 1. The summed E-state index contributed by atoms with van der Waals surface area (Å²) in [5.74, 6) is -1.78. The number of carbonyl (C=O) groups is 7. The van der Waals surface area contributed by atoms with Crippen LogP contribution < -0.4 is 32.3 Å². The first-order valence-electron chi connectivity index (χ1n) is 25.3. The van der Waals surface area contributed by atoms with E-state index in [9.17, 15) is 33.6 Å². The average Bonchev–Trinajstić information content (AvgIpc) is 4.15. The van der Waals surface area contributed by atoms with Crippen molar-refractivity contribution >= 4 is 58.7 Å². The van der Waals surface area contributed by atoms with Crippen LogP contribution in [0.4, 0.5) is 21.0 Å². The number of pyridine rings is 2. The summed E-state index contributed by atoms with van der Waals surface area (Å²) in [6, 6.07) is 19.8. The number of nitrogens with two attached hydrogens (primary N) is 1. The zero-order valence-corrected chi connectivity index (χ0v) is 42.6. The molecule has 22 nitrogen and oxygen atoms in total. The normalized spacial score (nSPS) is 13.8. The van der Waals surface area contributed by atoms with Crippen molar-refractivity contribution in [1.82, 2.24) is 55.3 Å². The van der Waals surface area contributed by atoms with E-state index >= 15 is 0 Å². The summed E-state index contributed by atoms with van der Waals surface area (Å²) in [6.07, 6.45) is 8.18. The standard InChI is InChI=1S/C54H62N14O8/c1-33(2)48(65-45(69)15-5-4-6-26-67-46(70)22-23-47(67)71)52(73)62-42(14-9-25-56-53(55)74)51(72)61-38-19-16-35(17-20-38)31-76-54(75)66-27-24-36-11-8-12-40(39(36)30-66)57-28-43-63-49(37-18-21-44-58-32-59-68(44)29-37)50(64-43)41-13-7-10-34(3)60-41/h7-8,10-13,16-23,29,32-33,42,48,57H,4-6,9,14-15,24-28,30-31H2,1-3H3,(H,61,72)(H,62,73)(H,63,64)(H,65,69)(H3,55,56,74)/t42?,48-/m0/s1. The van der Waals surface area contributed by atoms with E-state index in [4.69, 9.17) is 20.4 Å². The summed E-state index contributed by atoms with van der Waals surface area (Å²) >= 11 is 0. The maximum absolute atomic E-state index is 13.7. The van der Waals surface area contributed by atoms with Gasteiger partial charge in [-0.3, -0.25) is 33.9 Å². The number of rotatable bonds is 23. The molecule has 2 aromatic carbocycles. The predicted molar refractivity (Wildman–Crippen MR) is 282 cm³/mol. The zero-order chi connectivity index (χ0) is 53.7. The maximum atomic E-state index is 13.7. The second-order valence-corrected chi connectivity index (χ2v) is 19.0. The summed E-state index contributed by atoms with van der Waals surface area (Å²) in [4.78, 5) is 109. The molecule has 0 spiro atoms. The number of anilines is 2. The molecular formula is C54H62N14O8. The van der Waals surface area contributed by atoms with E-state index in [-0.39, 0.29) is 56.2 Å². The van der Waals surface area contributed by atoms with Gasteiger partial charge in [0.05, 0.1) is 30.2 Å². The fourth-order valence-electron chi connectivity index (χ4n) is 8.98. The number of primary amides is 1. The number of aryl methyl sites for hydroxylation is 1. The van der Waals surface area contributed by atoms with Gasteiger partial charge in [0.2, 0.25) is 17.7 Å². The molecule has 0 saturated heterocycles. The molecule has 6 heterocycles. The molecule has 22 heteroatoms. The number of carbonyl (C=O) groups excluding carboxylic acids is 7. The van der Waals surface area contributed by atoms with E-state index in [0.29, 0.717) is 68.8 Å². The number of amides is 8. The molecule has 0 radical (unpaired) electrons. The Labute approximate surface area is 438 Å². The lowest BCUT2D eigenvalue weighted by Crippen LogP contribution is -2.54. The molecule has 8 rings (SSSR count). The van der Waals surface area contributed by atoms with Crippen molar-refractivity contribution < 1.29 is 38.3 Å². The molecule has 1 unspecified atom stereocenters. The van der Waals surface area contributed by atoms with Crippen molar-refractivity contribution in [3.05, 3.63) is 126 Å². The molecule has 8 N–H and O–H groups in total. The van der Waals surface area contributed by atoms with Crippen LogP contribution in [0.5, 0.6) is 0 Å². The second-order valence-electron chi connectivity index (χ2n) is 19.0. The Morgan fingerprint density at radius 3 is 2.42 bits per heavy atom. The molecule has 6 aromatic rings. The molecule has 0 bridgehead atoms. The first kappa shape index (κ1) is 53.3. The Morgan fingerprint density at radius 2 is 1.66 bits per heavy atom. The minimum atomic E-state index is -1.04. The Morgan fingerprint density at radius 1 is 0.868 bits per heavy atom. The smallest absolute Gasteiger partial charge is 0.410 e. The molecule has 0 aliphatic carbocycles. The molecule has 2 aliphatic heterocycles. The number of nitrogens with one attached hydrogen (secondary N) is 6. The molecule has 4 aromatic heterocycles. The molecular weight excluding hydrogens is 973 g/mol. The number of fused-ring (bicyclic) bond motifs is 2. The number of imide groups is 1. The highest BCUT2D eigenvalue weighted by atomic mass is 16.6. The third kappa shape index (κ3) is 13.8. The van der Waals surface area contributed by atoms with Crippen LogP contribution in [-0.4, -0.2) is 113 Å². The van der Waals surface area contributed by atoms with E-state index in [1.54, 1.807) is 47.5 Å². The van der Waals surface area contributed by atoms with Gasteiger partial charge in [-0.1, -0.05) is 50.6 Å². The SMILES string of the molecule is Cc1cccc(-c2[nH]c(CNc3cccc4c3CN(C(=O)OCc3ccc(NC(=O)C(CCCNC(N)=O)NC(=O)[C@@H](NC(=O)CCCCCN5C(=O)C=CC5=O)C(C)C)cc3)CC4)nc2-c2ccc3ncnn3c2)n1. The Kier molecular flexibility index (Phi) is 17.4. The Balaban J connectivity index is 0.835. The maximum Gasteiger partial charge on any atom is 0.410 e. The summed E-state index contributed by atoms with van der Waals surface area (Å²) in [6.45, 7) is 7.06. The first-order chi connectivity index (χ1) is 36.7. The molecule has 0 saturated carbocycles. The lowest BCUT2D eigenvalue weighted by Gasteiger charge is -2.30. The number of benzene rings is 2. The van der Waals surface area contributed by atoms with Crippen LogP contribution in [0.1, 0.15) is 80.6 Å². The van der Waals surface area contributed by atoms with Crippen molar-refractivity contribution in [1.29, 1.82) is 0 Å². The highest BCUT2D eigenvalue weighted by Gasteiger charge is 2.30. The monoisotopic (exact) mass is 1030 g/mol. The van der Waals surface area contributed by atoms with Gasteiger partial charge in [-0.2, -0.15) is 5.10 Å². The summed E-state index contributed by atoms with van der Waals surface area (Å²) in [7, 11) is 0. The molecule has 2 aliphatic rings. The minimum Gasteiger partial charge on any atom is -0.445 e. The molecule has 76 heavy (non-hydrogen) atoms. The number of urea groups is 1. The van der Waals surface area contributed by atoms with Gasteiger partial charge in [-0.25, -0.2) is 24.1 Å². The summed E-state index contributed by atoms with van der Waals surface area (Å²) in [5.41, 5.74) is 14.0. The minimum absolute atomic E-state index is 0.0225. The predicted octanol–water partition coefficient (Wildman–Crippen LogP) is 5.29. The van der Waals surface area contributed by atoms with Crippen LogP contribution in [0.3, 0.4) is 0 Å². The Bertz CT molecular complexity index is 3110. The molecule has 0 fully saturated rings. The van der Waals surface area contributed by atoms with Crippen LogP contribution in [0.2, 0.25) is 0 Å². The highest BCUT2D eigenvalue weighted by molar-refractivity contribution is 6.12. The van der Waals surface area contributed by atoms with Crippen LogP contribution in [-0.2, 0) is 54.8 Å². The number of nitrogens with zero attached hydrogens (tertiary/aromatic N) is 7. The largest absolute Gasteiger partial charge is 0.445 e. The second kappa shape index (κ2) is 24.9. The summed E-state index contributed by atoms with van der Waals surface area (Å²) < 4.78 is 7.50. The van der Waals surface area contributed by atoms with E-state index in [1.165, 1.54) is 18.5 Å². The van der Waals surface area contributed by atoms with Gasteiger partial charge in [0.1, 0.15) is 30.8 Å². The fourth-order valence-corrected chi connectivity index (χ4v) is 8.98. The average molecular weight is 1040 g/mol. The van der Waals surface area contributed by atoms with E-state index in [2.05, 4.69) is 47.7 Å². The third-order valence-corrected chi connectivity index (χ3v) is 13.1. The van der Waals surface area contributed by atoms with Crippen molar-refractivity contribution in [2.75, 3.05) is 30.3 Å². The molecule has 8 amide bonds. The van der Waals surface area contributed by atoms with Gasteiger partial charge in [0.25, 0.3) is 11.8 Å². The van der Waals surface area contributed by atoms with Gasteiger partial charge in [-0.15, -0.1) is 0 Å². The number of hydrogen-bond acceptors (Lipinski definition) is 13. The highest BCUT2D eigenvalue weighted by Crippen LogP contribution is 2.31. The first-order valence-corrected chi connectivity index (χ1v) is 25.3. The number of hydrogen-bond donors (Lipinski definition) is 7. The van der Waals surface area contributed by atoms with Crippen molar-refractivity contribution in [2.24, 2.45) is 11.7 Å².